The summed E-state index contributed by atoms with van der Waals surface area (Å²) in [6, 6.07) is 0. The summed E-state index contributed by atoms with van der Waals surface area (Å²) in [5.74, 6) is 1.30. The third kappa shape index (κ3) is 5.49. The van der Waals surface area contributed by atoms with Crippen molar-refractivity contribution in [2.75, 3.05) is 27.9 Å². The number of hydrogen-bond donors (Lipinski definition) is 0. The van der Waals surface area contributed by atoms with Crippen LogP contribution in [0.25, 0.3) is 0 Å². The molecule has 0 spiro atoms. The first-order chi connectivity index (χ1) is 18.5. The number of carbonyl (C=O) groups excluding carboxylic acids is 2. The molecule has 38 heavy (non-hydrogen) atoms. The van der Waals surface area contributed by atoms with Gasteiger partial charge in [0.1, 0.15) is 24.1 Å². The van der Waals surface area contributed by atoms with Crippen LogP contribution in [-0.4, -0.2) is 76.5 Å². The Balaban J connectivity index is 1.35. The van der Waals surface area contributed by atoms with E-state index in [0.717, 1.165) is 44.9 Å². The van der Waals surface area contributed by atoms with Crippen molar-refractivity contribution in [2.24, 2.45) is 35.5 Å². The van der Waals surface area contributed by atoms with Gasteiger partial charge >= 0.3 is 5.97 Å². The van der Waals surface area contributed by atoms with Crippen molar-refractivity contribution in [3.63, 3.8) is 0 Å². The lowest BCUT2D eigenvalue weighted by molar-refractivity contribution is -0.318. The molecule has 5 aliphatic rings. The van der Waals surface area contributed by atoms with E-state index in [9.17, 15) is 9.59 Å². The summed E-state index contributed by atoms with van der Waals surface area (Å²) < 4.78 is 35.9. The van der Waals surface area contributed by atoms with E-state index in [-0.39, 0.29) is 54.1 Å². The number of esters is 1. The number of carbonyl (C=O) groups is 2. The fourth-order valence-electron chi connectivity index (χ4n) is 8.30. The van der Waals surface area contributed by atoms with Crippen molar-refractivity contribution >= 4 is 11.8 Å². The summed E-state index contributed by atoms with van der Waals surface area (Å²) in [6.45, 7) is 2.47. The largest absolute Gasteiger partial charge is 0.466 e. The Morgan fingerprint density at radius 2 is 1.63 bits per heavy atom. The Morgan fingerprint density at radius 3 is 2.39 bits per heavy atom. The average Bonchev–Trinajstić information content (AvgIpc) is 3.48. The van der Waals surface area contributed by atoms with E-state index in [1.165, 1.54) is 0 Å². The normalized spacial score (nSPS) is 45.9. The van der Waals surface area contributed by atoms with Gasteiger partial charge in [-0.1, -0.05) is 25.0 Å². The van der Waals surface area contributed by atoms with E-state index in [1.807, 2.05) is 6.92 Å². The van der Waals surface area contributed by atoms with Crippen LogP contribution in [0.1, 0.15) is 64.7 Å². The van der Waals surface area contributed by atoms with Gasteiger partial charge in [0.2, 0.25) is 0 Å². The number of ketones is 1. The lowest BCUT2D eigenvalue weighted by atomic mass is 9.70. The minimum absolute atomic E-state index is 0.00700. The first-order valence-electron chi connectivity index (χ1n) is 14.7. The Labute approximate surface area is 227 Å². The number of ether oxygens (including phenoxy) is 6. The van der Waals surface area contributed by atoms with Gasteiger partial charge in [-0.15, -0.1) is 0 Å². The second kappa shape index (κ2) is 12.5. The molecule has 0 aromatic rings. The summed E-state index contributed by atoms with van der Waals surface area (Å²) in [5, 5.41) is 0. The highest BCUT2D eigenvalue weighted by Crippen LogP contribution is 2.57. The quantitative estimate of drug-likeness (QED) is 0.385. The minimum atomic E-state index is -0.564. The van der Waals surface area contributed by atoms with Crippen molar-refractivity contribution in [2.45, 2.75) is 102 Å². The standard InChI is InChI=1S/C30H46O8/c1-17-27(33-2)28(34-3)29(35-4)30(37-17)38-24-13-11-18-10-12-19-20-16-25(32)36-14-8-6-5-7-9-23(31)21(20)15-22(19)26(18)24/h10,12,17-22,24,26-30H,5-9,11,13-16H2,1-4H3/t17-,18?,19?,20?,21?,22?,24?,26?,27-,28+,29+,30-/m0/s1. The Morgan fingerprint density at radius 1 is 0.868 bits per heavy atom. The van der Waals surface area contributed by atoms with E-state index in [0.29, 0.717) is 37.1 Å². The molecule has 214 valence electrons. The van der Waals surface area contributed by atoms with Crippen LogP contribution in [0.15, 0.2) is 12.2 Å². The second-order valence-corrected chi connectivity index (χ2v) is 12.0. The van der Waals surface area contributed by atoms with Gasteiger partial charge in [-0.3, -0.25) is 9.59 Å². The molecule has 4 fully saturated rings. The number of allylic oxidation sites excluding steroid dienone is 2. The topological polar surface area (TPSA) is 89.5 Å². The van der Waals surface area contributed by atoms with Crippen molar-refractivity contribution in [1.29, 1.82) is 0 Å². The van der Waals surface area contributed by atoms with Crippen molar-refractivity contribution in [1.82, 2.24) is 0 Å². The Kier molecular flexibility index (Phi) is 9.25. The molecule has 5 rings (SSSR count). The van der Waals surface area contributed by atoms with Gasteiger partial charge in [0, 0.05) is 40.1 Å². The number of methoxy groups -OCH3 is 3. The Hall–Kier alpha value is -1.32. The predicted octanol–water partition coefficient (Wildman–Crippen LogP) is 4.09. The lowest BCUT2D eigenvalue weighted by Gasteiger charge is -2.45. The van der Waals surface area contributed by atoms with Crippen LogP contribution in [0.3, 0.4) is 0 Å². The molecule has 0 radical (unpaired) electrons. The summed E-state index contributed by atoms with van der Waals surface area (Å²) >= 11 is 0. The third-order valence-corrected chi connectivity index (χ3v) is 10.1. The van der Waals surface area contributed by atoms with Crippen LogP contribution >= 0.6 is 0 Å². The molecule has 2 saturated carbocycles. The zero-order valence-electron chi connectivity index (χ0n) is 23.4. The fourth-order valence-corrected chi connectivity index (χ4v) is 8.30. The number of rotatable bonds is 5. The molecule has 0 bridgehead atoms. The van der Waals surface area contributed by atoms with Gasteiger partial charge < -0.3 is 28.4 Å². The van der Waals surface area contributed by atoms with Gasteiger partial charge in [-0.25, -0.2) is 0 Å². The highest BCUT2D eigenvalue weighted by Gasteiger charge is 2.56. The molecule has 0 aromatic carbocycles. The molecule has 12 atom stereocenters. The molecule has 2 heterocycles. The first-order valence-corrected chi connectivity index (χ1v) is 14.7. The number of cyclic esters (lactones) is 1. The van der Waals surface area contributed by atoms with Crippen LogP contribution < -0.4 is 0 Å². The molecule has 0 aromatic heterocycles. The van der Waals surface area contributed by atoms with Gasteiger partial charge in [0.05, 0.1) is 18.8 Å². The molecule has 2 aliphatic heterocycles. The maximum Gasteiger partial charge on any atom is 0.306 e. The zero-order valence-corrected chi connectivity index (χ0v) is 23.4. The monoisotopic (exact) mass is 534 g/mol. The molecular weight excluding hydrogens is 488 g/mol. The van der Waals surface area contributed by atoms with Crippen LogP contribution in [0.5, 0.6) is 0 Å². The molecular formula is C30H46O8. The van der Waals surface area contributed by atoms with Crippen molar-refractivity contribution < 1.29 is 38.0 Å². The van der Waals surface area contributed by atoms with Gasteiger partial charge in [-0.2, -0.15) is 0 Å². The predicted molar refractivity (Wildman–Crippen MR) is 139 cm³/mol. The van der Waals surface area contributed by atoms with Gasteiger partial charge in [0.15, 0.2) is 6.29 Å². The number of hydrogen-bond acceptors (Lipinski definition) is 8. The molecule has 8 heteroatoms. The lowest BCUT2D eigenvalue weighted by Crippen LogP contribution is -2.60. The van der Waals surface area contributed by atoms with Gasteiger partial charge in [0.25, 0.3) is 0 Å². The molecule has 0 amide bonds. The summed E-state index contributed by atoms with van der Waals surface area (Å²) in [6.07, 6.45) is 10.5. The Bertz CT molecular complexity index is 859. The molecule has 3 aliphatic carbocycles. The van der Waals surface area contributed by atoms with Crippen molar-refractivity contribution in [3.8, 4) is 0 Å². The van der Waals surface area contributed by atoms with E-state index in [4.69, 9.17) is 28.4 Å². The van der Waals surface area contributed by atoms with E-state index >= 15 is 0 Å². The van der Waals surface area contributed by atoms with E-state index < -0.39 is 12.4 Å². The average molecular weight is 535 g/mol. The smallest absolute Gasteiger partial charge is 0.306 e. The summed E-state index contributed by atoms with van der Waals surface area (Å²) in [5.41, 5.74) is 0. The molecule has 0 N–H and O–H groups in total. The van der Waals surface area contributed by atoms with Gasteiger partial charge in [-0.05, 0) is 68.6 Å². The highest BCUT2D eigenvalue weighted by molar-refractivity contribution is 5.82. The SMILES string of the molecule is CO[C@@H]1[C@@H](OC)[C@H](C)O[C@@H](OC2CCC3C=CC4C5CC(=O)OCCCCCCC(=O)C5CC4C32)[C@@H]1OC. The fraction of sp³-hybridized carbons (Fsp3) is 0.867. The van der Waals surface area contributed by atoms with Crippen LogP contribution in [0, 0.1) is 35.5 Å². The van der Waals surface area contributed by atoms with Crippen LogP contribution in [0.4, 0.5) is 0 Å². The highest BCUT2D eigenvalue weighted by atomic mass is 16.7. The van der Waals surface area contributed by atoms with Crippen molar-refractivity contribution in [3.05, 3.63) is 12.2 Å². The maximum absolute atomic E-state index is 13.4. The summed E-state index contributed by atoms with van der Waals surface area (Å²) in [7, 11) is 4.99. The molecule has 7 unspecified atom stereocenters. The number of Topliss-reactive ketones (excluding diaryl/α,β-unsaturated/α-hetero) is 1. The summed E-state index contributed by atoms with van der Waals surface area (Å²) in [4.78, 5) is 26.2. The molecule has 8 nitrogen and oxygen atoms in total. The minimum Gasteiger partial charge on any atom is -0.466 e. The second-order valence-electron chi connectivity index (χ2n) is 12.0. The zero-order chi connectivity index (χ0) is 26.8. The number of fused-ring (bicyclic) bond motifs is 5. The first kappa shape index (κ1) is 28.2. The van der Waals surface area contributed by atoms with Crippen LogP contribution in [0.2, 0.25) is 0 Å². The van der Waals surface area contributed by atoms with Crippen LogP contribution in [-0.2, 0) is 38.0 Å². The maximum atomic E-state index is 13.4. The van der Waals surface area contributed by atoms with E-state index in [1.54, 1.807) is 21.3 Å². The third-order valence-electron chi connectivity index (χ3n) is 10.1. The molecule has 2 saturated heterocycles. The van der Waals surface area contributed by atoms with E-state index in [2.05, 4.69) is 12.2 Å².